The lowest BCUT2D eigenvalue weighted by atomic mass is 9.90. The van der Waals surface area contributed by atoms with Gasteiger partial charge >= 0.3 is 0 Å². The molecule has 0 unspecified atom stereocenters. The van der Waals surface area contributed by atoms with Crippen molar-refractivity contribution >= 4 is 28.7 Å². The molecule has 28 heavy (non-hydrogen) atoms. The summed E-state index contributed by atoms with van der Waals surface area (Å²) in [6, 6.07) is 15.0. The zero-order chi connectivity index (χ0) is 19.2. The molecule has 2 aromatic heterocycles. The Morgan fingerprint density at radius 1 is 1.07 bits per heavy atom. The van der Waals surface area contributed by atoms with Crippen LogP contribution in [0.2, 0.25) is 0 Å². The van der Waals surface area contributed by atoms with Gasteiger partial charge in [0.05, 0.1) is 0 Å². The highest BCUT2D eigenvalue weighted by molar-refractivity contribution is 7.09. The Morgan fingerprint density at radius 3 is 2.64 bits per heavy atom. The fraction of sp³-hybridized carbons (Fsp3) is 0.364. The monoisotopic (exact) mass is 393 g/mol. The first-order valence-electron chi connectivity index (χ1n) is 9.95. The van der Waals surface area contributed by atoms with E-state index in [4.69, 9.17) is 5.73 Å². The number of aromatic nitrogens is 2. The molecule has 1 saturated heterocycles. The molecule has 1 fully saturated rings. The molecule has 0 atom stereocenters. The number of nitrogen functional groups attached to an aromatic ring is 1. The predicted octanol–water partition coefficient (Wildman–Crippen LogP) is 4.23. The minimum Gasteiger partial charge on any atom is -0.393 e. The largest absolute Gasteiger partial charge is 0.393 e. The van der Waals surface area contributed by atoms with Gasteiger partial charge in [-0.3, -0.25) is 0 Å². The van der Waals surface area contributed by atoms with E-state index in [-0.39, 0.29) is 0 Å². The molecule has 3 aromatic rings. The fourth-order valence-corrected chi connectivity index (χ4v) is 4.54. The van der Waals surface area contributed by atoms with E-state index in [1.807, 2.05) is 0 Å². The summed E-state index contributed by atoms with van der Waals surface area (Å²) < 4.78 is 0. The molecule has 0 bridgehead atoms. The summed E-state index contributed by atoms with van der Waals surface area (Å²) in [6.07, 6.45) is 6.08. The van der Waals surface area contributed by atoms with Crippen LogP contribution in [0, 0.1) is 5.92 Å². The number of anilines is 3. The van der Waals surface area contributed by atoms with Crippen molar-refractivity contribution in [3.63, 3.8) is 0 Å². The highest BCUT2D eigenvalue weighted by Gasteiger charge is 2.23. The second kappa shape index (κ2) is 9.06. The van der Waals surface area contributed by atoms with Crippen molar-refractivity contribution in [2.24, 2.45) is 5.92 Å². The van der Waals surface area contributed by atoms with E-state index in [9.17, 15) is 0 Å². The zero-order valence-electron chi connectivity index (χ0n) is 16.1. The Hall–Kier alpha value is -2.60. The third kappa shape index (κ3) is 4.62. The van der Waals surface area contributed by atoms with Crippen molar-refractivity contribution < 1.29 is 0 Å². The van der Waals surface area contributed by atoms with E-state index in [0.29, 0.717) is 5.69 Å². The first kappa shape index (κ1) is 18.7. The van der Waals surface area contributed by atoms with Crippen LogP contribution in [0.5, 0.6) is 0 Å². The van der Waals surface area contributed by atoms with Crippen molar-refractivity contribution in [1.29, 1.82) is 0 Å². The molecule has 146 valence electrons. The number of piperidine rings is 1. The first-order chi connectivity index (χ1) is 13.8. The van der Waals surface area contributed by atoms with Gasteiger partial charge in [0.2, 0.25) is 0 Å². The summed E-state index contributed by atoms with van der Waals surface area (Å²) in [5, 5.41) is 5.48. The lowest BCUT2D eigenvalue weighted by Crippen LogP contribution is -2.35. The number of thiophene rings is 1. The highest BCUT2D eigenvalue weighted by atomic mass is 32.1. The van der Waals surface area contributed by atoms with Gasteiger partial charge in [-0.15, -0.1) is 11.3 Å². The molecule has 5 nitrogen and oxygen atoms in total. The summed E-state index contributed by atoms with van der Waals surface area (Å²) in [5.41, 5.74) is 8.50. The van der Waals surface area contributed by atoms with Gasteiger partial charge in [-0.25, -0.2) is 9.97 Å². The van der Waals surface area contributed by atoms with Crippen LogP contribution in [0.4, 0.5) is 17.3 Å². The molecular formula is C22H27N5S. The minimum atomic E-state index is 0.662. The Morgan fingerprint density at radius 2 is 1.89 bits per heavy atom. The van der Waals surface area contributed by atoms with Crippen molar-refractivity contribution in [2.45, 2.75) is 25.7 Å². The molecule has 6 heteroatoms. The molecule has 1 aromatic carbocycles. The quantitative estimate of drug-likeness (QED) is 0.629. The Labute approximate surface area is 170 Å². The standard InChI is InChI=1S/C22H27N5S/c23-20-21(24-11-8-19-7-4-14-28-19)25-16-26-22(20)27-12-9-18(10-13-27)15-17-5-2-1-3-6-17/h1-7,14,16,18H,8-13,15,23H2,(H,24,25,26). The smallest absolute Gasteiger partial charge is 0.157 e. The molecule has 0 aliphatic carbocycles. The molecule has 3 heterocycles. The van der Waals surface area contributed by atoms with Gasteiger partial charge in [0.25, 0.3) is 0 Å². The van der Waals surface area contributed by atoms with Crippen molar-refractivity contribution in [2.75, 3.05) is 35.6 Å². The third-order valence-electron chi connectivity index (χ3n) is 5.39. The molecule has 0 saturated carbocycles. The second-order valence-electron chi connectivity index (χ2n) is 7.34. The van der Waals surface area contributed by atoms with Crippen LogP contribution in [-0.2, 0) is 12.8 Å². The van der Waals surface area contributed by atoms with Crippen LogP contribution in [0.1, 0.15) is 23.3 Å². The number of nitrogens with one attached hydrogen (secondary N) is 1. The lowest BCUT2D eigenvalue weighted by Gasteiger charge is -2.33. The highest BCUT2D eigenvalue weighted by Crippen LogP contribution is 2.30. The van der Waals surface area contributed by atoms with Gasteiger partial charge in [0, 0.05) is 24.5 Å². The molecule has 1 aliphatic heterocycles. The Balaban J connectivity index is 1.33. The van der Waals surface area contributed by atoms with Gasteiger partial charge in [0.1, 0.15) is 12.0 Å². The van der Waals surface area contributed by atoms with E-state index in [1.165, 1.54) is 23.3 Å². The molecular weight excluding hydrogens is 366 g/mol. The first-order valence-corrected chi connectivity index (χ1v) is 10.8. The molecule has 1 aliphatic rings. The topological polar surface area (TPSA) is 67.1 Å². The summed E-state index contributed by atoms with van der Waals surface area (Å²) in [7, 11) is 0. The molecule has 0 spiro atoms. The van der Waals surface area contributed by atoms with Crippen LogP contribution in [-0.4, -0.2) is 29.6 Å². The van der Waals surface area contributed by atoms with Crippen LogP contribution in [0.25, 0.3) is 0 Å². The SMILES string of the molecule is Nc1c(NCCc2cccs2)ncnc1N1CCC(Cc2ccccc2)CC1. The average Bonchev–Trinajstić information content (AvgIpc) is 3.24. The van der Waals surface area contributed by atoms with E-state index in [2.05, 4.69) is 68.0 Å². The van der Waals surface area contributed by atoms with Crippen molar-refractivity contribution in [1.82, 2.24) is 9.97 Å². The van der Waals surface area contributed by atoms with Gasteiger partial charge in [-0.2, -0.15) is 0 Å². The number of rotatable bonds is 7. The fourth-order valence-electron chi connectivity index (χ4n) is 3.83. The number of hydrogen-bond donors (Lipinski definition) is 2. The molecule has 0 amide bonds. The number of benzene rings is 1. The van der Waals surface area contributed by atoms with Gasteiger partial charge in [-0.1, -0.05) is 36.4 Å². The third-order valence-corrected chi connectivity index (χ3v) is 6.32. The van der Waals surface area contributed by atoms with Crippen LogP contribution < -0.4 is 16.0 Å². The van der Waals surface area contributed by atoms with Crippen molar-refractivity contribution in [3.8, 4) is 0 Å². The Bertz CT molecular complexity index is 858. The summed E-state index contributed by atoms with van der Waals surface area (Å²) in [6.45, 7) is 2.81. The lowest BCUT2D eigenvalue weighted by molar-refractivity contribution is 0.402. The maximum Gasteiger partial charge on any atom is 0.157 e. The number of hydrogen-bond acceptors (Lipinski definition) is 6. The number of nitrogens with zero attached hydrogens (tertiary/aromatic N) is 3. The molecule has 3 N–H and O–H groups in total. The van der Waals surface area contributed by atoms with E-state index < -0.39 is 0 Å². The van der Waals surface area contributed by atoms with Gasteiger partial charge < -0.3 is 16.0 Å². The maximum atomic E-state index is 6.41. The van der Waals surface area contributed by atoms with Crippen LogP contribution in [0.15, 0.2) is 54.2 Å². The normalized spacial score (nSPS) is 14.9. The minimum absolute atomic E-state index is 0.662. The average molecular weight is 394 g/mol. The van der Waals surface area contributed by atoms with E-state index >= 15 is 0 Å². The summed E-state index contributed by atoms with van der Waals surface area (Å²) >= 11 is 1.78. The van der Waals surface area contributed by atoms with Crippen LogP contribution in [0.3, 0.4) is 0 Å². The van der Waals surface area contributed by atoms with E-state index in [0.717, 1.165) is 50.0 Å². The van der Waals surface area contributed by atoms with Crippen molar-refractivity contribution in [3.05, 3.63) is 64.6 Å². The summed E-state index contributed by atoms with van der Waals surface area (Å²) in [5.74, 6) is 2.34. The molecule has 0 radical (unpaired) electrons. The predicted molar refractivity (Wildman–Crippen MR) is 118 cm³/mol. The second-order valence-corrected chi connectivity index (χ2v) is 8.37. The zero-order valence-corrected chi connectivity index (χ0v) is 16.9. The van der Waals surface area contributed by atoms with Gasteiger partial charge in [0.15, 0.2) is 11.6 Å². The van der Waals surface area contributed by atoms with E-state index in [1.54, 1.807) is 17.7 Å². The molecule has 4 rings (SSSR count). The van der Waals surface area contributed by atoms with Crippen LogP contribution >= 0.6 is 11.3 Å². The Kier molecular flexibility index (Phi) is 6.07. The number of nitrogens with two attached hydrogens (primary N) is 1. The maximum absolute atomic E-state index is 6.41. The summed E-state index contributed by atoms with van der Waals surface area (Å²) in [4.78, 5) is 12.5. The van der Waals surface area contributed by atoms with Gasteiger partial charge in [-0.05, 0) is 48.6 Å².